The van der Waals surface area contributed by atoms with Gasteiger partial charge in [-0.15, -0.1) is 6.20 Å². The normalized spacial score (nSPS) is 13.6. The van der Waals surface area contributed by atoms with Crippen molar-refractivity contribution in [1.82, 2.24) is 4.57 Å². The van der Waals surface area contributed by atoms with E-state index in [0.717, 1.165) is 18.8 Å². The number of hydrogen-bond acceptors (Lipinski definition) is 1. The fourth-order valence-corrected chi connectivity index (χ4v) is 1.93. The molecule has 2 nitrogen and oxygen atoms in total. The van der Waals surface area contributed by atoms with Crippen molar-refractivity contribution in [2.45, 2.75) is 6.54 Å². The van der Waals surface area contributed by atoms with Crippen molar-refractivity contribution in [3.05, 3.63) is 59.9 Å². The maximum atomic E-state index is 4.59. The van der Waals surface area contributed by atoms with Crippen LogP contribution in [0.1, 0.15) is 11.3 Å². The summed E-state index contributed by atoms with van der Waals surface area (Å²) in [6, 6.07) is 15.4. The Labute approximate surface area is 107 Å². The standard InChI is InChI=1S/C13H11N2.Li/c1-2-5-11(6-3-1)13-12-7-4-9-15(12)10-8-14-13;/h1-3,5-7,9H,8,10H2;/q-1;+1. The first-order valence-electron chi connectivity index (χ1n) is 5.11. The summed E-state index contributed by atoms with van der Waals surface area (Å²) in [4.78, 5) is 4.59. The number of benzene rings is 1. The molecular weight excluding hydrogens is 191 g/mol. The summed E-state index contributed by atoms with van der Waals surface area (Å²) in [5.74, 6) is 0. The minimum absolute atomic E-state index is 0. The minimum atomic E-state index is 0. The molecule has 0 spiro atoms. The predicted octanol–water partition coefficient (Wildman–Crippen LogP) is -0.857. The maximum absolute atomic E-state index is 4.59. The molecule has 0 bridgehead atoms. The number of aromatic nitrogens is 1. The van der Waals surface area contributed by atoms with Crippen molar-refractivity contribution in [2.75, 3.05) is 6.54 Å². The molecule has 2 aromatic rings. The van der Waals surface area contributed by atoms with Crippen LogP contribution in [0.3, 0.4) is 0 Å². The minimum Gasteiger partial charge on any atom is -0.438 e. The van der Waals surface area contributed by atoms with Gasteiger partial charge in [0.1, 0.15) is 0 Å². The zero-order valence-corrected chi connectivity index (χ0v) is 9.35. The van der Waals surface area contributed by atoms with Crippen LogP contribution >= 0.6 is 0 Å². The quantitative estimate of drug-likeness (QED) is 0.423. The summed E-state index contributed by atoms with van der Waals surface area (Å²) in [5, 5.41) is 0. The van der Waals surface area contributed by atoms with E-state index in [1.54, 1.807) is 0 Å². The van der Waals surface area contributed by atoms with Gasteiger partial charge in [-0.2, -0.15) is 0 Å². The average Bonchev–Trinajstić information content (AvgIpc) is 2.78. The second-order valence-electron chi connectivity index (χ2n) is 3.62. The monoisotopic (exact) mass is 202 g/mol. The topological polar surface area (TPSA) is 17.3 Å². The number of fused-ring (bicyclic) bond motifs is 1. The molecule has 0 saturated heterocycles. The molecule has 0 amide bonds. The van der Waals surface area contributed by atoms with Crippen LogP contribution in [0.15, 0.2) is 47.6 Å². The fraction of sp³-hybridized carbons (Fsp3) is 0.154. The second-order valence-corrected chi connectivity index (χ2v) is 3.62. The first-order valence-corrected chi connectivity index (χ1v) is 5.11. The Morgan fingerprint density at radius 1 is 1.19 bits per heavy atom. The number of nitrogens with zero attached hydrogens (tertiary/aromatic N) is 2. The molecule has 1 aromatic carbocycles. The molecule has 1 aliphatic rings. The first-order chi connectivity index (χ1) is 7.45. The molecule has 0 saturated carbocycles. The molecule has 16 heavy (non-hydrogen) atoms. The number of rotatable bonds is 1. The summed E-state index contributed by atoms with van der Waals surface area (Å²) >= 11 is 0. The van der Waals surface area contributed by atoms with Crippen LogP contribution in [0.25, 0.3) is 0 Å². The molecule has 0 N–H and O–H groups in total. The summed E-state index contributed by atoms with van der Waals surface area (Å²) in [5.41, 5.74) is 3.45. The van der Waals surface area contributed by atoms with Crippen LogP contribution in [0.5, 0.6) is 0 Å². The third-order valence-corrected chi connectivity index (χ3v) is 2.66. The van der Waals surface area contributed by atoms with E-state index in [1.165, 1.54) is 11.3 Å². The van der Waals surface area contributed by atoms with Crippen molar-refractivity contribution in [1.29, 1.82) is 0 Å². The summed E-state index contributed by atoms with van der Waals surface area (Å²) < 4.78 is 2.20. The zero-order valence-electron chi connectivity index (χ0n) is 9.35. The van der Waals surface area contributed by atoms with Gasteiger partial charge < -0.3 is 9.56 Å². The van der Waals surface area contributed by atoms with Gasteiger partial charge in [0, 0.05) is 12.3 Å². The van der Waals surface area contributed by atoms with Gasteiger partial charge in [0.05, 0.1) is 6.54 Å². The maximum Gasteiger partial charge on any atom is 1.00 e. The summed E-state index contributed by atoms with van der Waals surface area (Å²) in [7, 11) is 0. The van der Waals surface area contributed by atoms with Gasteiger partial charge in [-0.3, -0.25) is 0 Å². The molecule has 74 valence electrons. The van der Waals surface area contributed by atoms with Gasteiger partial charge in [-0.25, -0.2) is 12.1 Å². The molecule has 3 heteroatoms. The second kappa shape index (κ2) is 4.74. The molecule has 0 aliphatic carbocycles. The van der Waals surface area contributed by atoms with Crippen LogP contribution in [-0.4, -0.2) is 16.8 Å². The van der Waals surface area contributed by atoms with Crippen LogP contribution in [-0.2, 0) is 6.54 Å². The van der Waals surface area contributed by atoms with E-state index < -0.39 is 0 Å². The van der Waals surface area contributed by atoms with Crippen LogP contribution in [0, 0.1) is 6.07 Å². The van der Waals surface area contributed by atoms with Crippen molar-refractivity contribution < 1.29 is 18.9 Å². The third kappa shape index (κ3) is 1.87. The summed E-state index contributed by atoms with van der Waals surface area (Å²) in [6.45, 7) is 1.83. The Morgan fingerprint density at radius 3 is 2.81 bits per heavy atom. The Bertz CT molecular complexity index is 500. The van der Waals surface area contributed by atoms with E-state index in [2.05, 4.69) is 27.8 Å². The van der Waals surface area contributed by atoms with Crippen LogP contribution < -0.4 is 18.9 Å². The third-order valence-electron chi connectivity index (χ3n) is 2.66. The molecule has 0 unspecified atom stereocenters. The van der Waals surface area contributed by atoms with Crippen molar-refractivity contribution >= 4 is 5.71 Å². The van der Waals surface area contributed by atoms with Gasteiger partial charge in [0.2, 0.25) is 0 Å². The molecule has 0 fully saturated rings. The molecule has 0 atom stereocenters. The predicted molar refractivity (Wildman–Crippen MR) is 60.2 cm³/mol. The summed E-state index contributed by atoms with van der Waals surface area (Å²) in [6.07, 6.45) is 1.99. The van der Waals surface area contributed by atoms with Gasteiger partial charge in [-0.05, 0) is 5.56 Å². The Morgan fingerprint density at radius 2 is 2.00 bits per heavy atom. The molecular formula is C13H11LiN2. The van der Waals surface area contributed by atoms with Gasteiger partial charge >= 0.3 is 18.9 Å². The molecule has 3 rings (SSSR count). The van der Waals surface area contributed by atoms with E-state index in [4.69, 9.17) is 0 Å². The zero-order chi connectivity index (χ0) is 10.1. The van der Waals surface area contributed by atoms with Crippen molar-refractivity contribution in [3.63, 3.8) is 0 Å². The molecule has 1 aliphatic heterocycles. The average molecular weight is 202 g/mol. The Balaban J connectivity index is 0.000000963. The van der Waals surface area contributed by atoms with E-state index >= 15 is 0 Å². The van der Waals surface area contributed by atoms with Gasteiger partial charge in [0.25, 0.3) is 0 Å². The van der Waals surface area contributed by atoms with E-state index in [0.29, 0.717) is 0 Å². The molecule has 1 aromatic heterocycles. The molecule has 0 radical (unpaired) electrons. The largest absolute Gasteiger partial charge is 1.00 e. The SMILES string of the molecule is [Li+].[c-]1cc2n(c1)CCN=C2c1ccccc1. The van der Waals surface area contributed by atoms with Crippen LogP contribution in [0.4, 0.5) is 0 Å². The first kappa shape index (κ1) is 11.3. The molecule has 2 heterocycles. The fourth-order valence-electron chi connectivity index (χ4n) is 1.93. The van der Waals surface area contributed by atoms with Crippen LogP contribution in [0.2, 0.25) is 0 Å². The van der Waals surface area contributed by atoms with Gasteiger partial charge in [0.15, 0.2) is 0 Å². The Hall–Kier alpha value is -1.23. The van der Waals surface area contributed by atoms with Crippen molar-refractivity contribution in [3.8, 4) is 0 Å². The van der Waals surface area contributed by atoms with E-state index in [-0.39, 0.29) is 18.9 Å². The van der Waals surface area contributed by atoms with Gasteiger partial charge in [-0.1, -0.05) is 36.0 Å². The Kier molecular flexibility index (Phi) is 3.33. The number of hydrogen-bond donors (Lipinski definition) is 0. The number of aliphatic imine (C=N–C) groups is 1. The van der Waals surface area contributed by atoms with Crippen molar-refractivity contribution in [2.24, 2.45) is 4.99 Å². The van der Waals surface area contributed by atoms with E-state index in [9.17, 15) is 0 Å². The van der Waals surface area contributed by atoms with E-state index in [1.807, 2.05) is 30.5 Å². The smallest absolute Gasteiger partial charge is 0.438 e.